The van der Waals surface area contributed by atoms with Gasteiger partial charge in [0.05, 0.1) is 12.9 Å². The molecule has 0 saturated carbocycles. The van der Waals surface area contributed by atoms with Gasteiger partial charge in [-0.15, -0.1) is 0 Å². The zero-order chi connectivity index (χ0) is 15.4. The fourth-order valence-corrected chi connectivity index (χ4v) is 1.56. The quantitative estimate of drug-likeness (QED) is 0.436. The minimum atomic E-state index is -0.665. The molecular formula is C11H18N6O4S. The monoisotopic (exact) mass is 330 g/mol. The number of fused-ring (bicyclic) bond motifs is 1. The van der Waals surface area contributed by atoms with Crippen LogP contribution in [-0.4, -0.2) is 44.7 Å². The van der Waals surface area contributed by atoms with Crippen molar-refractivity contribution in [1.29, 1.82) is 0 Å². The normalized spacial score (nSPS) is 11.9. The van der Waals surface area contributed by atoms with Crippen LogP contribution in [-0.2, 0) is 21.0 Å². The number of carbonyl (C=O) groups excluding carboxylic acids is 1. The first-order valence-electron chi connectivity index (χ1n) is 6.19. The van der Waals surface area contributed by atoms with E-state index in [1.807, 2.05) is 0 Å². The molecule has 2 aromatic rings. The van der Waals surface area contributed by atoms with E-state index in [2.05, 4.69) is 15.0 Å². The number of rotatable bonds is 6. The fourth-order valence-electron chi connectivity index (χ4n) is 1.56. The molecule has 0 aromatic carbocycles. The molecule has 0 aliphatic rings. The molecule has 0 spiro atoms. The number of aromatic amines is 1. The highest BCUT2D eigenvalue weighted by Gasteiger charge is 2.10. The topological polar surface area (TPSA) is 151 Å². The Kier molecular flexibility index (Phi) is 6.34. The van der Waals surface area contributed by atoms with Gasteiger partial charge in [-0.1, -0.05) is 0 Å². The van der Waals surface area contributed by atoms with E-state index in [0.717, 1.165) is 0 Å². The van der Waals surface area contributed by atoms with Gasteiger partial charge in [-0.3, -0.25) is 19.1 Å². The number of nitrogens with two attached hydrogens (primary N) is 2. The first-order chi connectivity index (χ1) is 9.99. The number of hydrogen-bond acceptors (Lipinski definition) is 8. The number of hydrogen-bond donors (Lipinski definition) is 3. The molecule has 2 aromatic heterocycles. The van der Waals surface area contributed by atoms with Crippen molar-refractivity contribution < 1.29 is 14.3 Å². The summed E-state index contributed by atoms with van der Waals surface area (Å²) >= 11 is 0. The second-order valence-electron chi connectivity index (χ2n) is 4.33. The lowest BCUT2D eigenvalue weighted by Gasteiger charge is -2.08. The molecule has 22 heavy (non-hydrogen) atoms. The minimum absolute atomic E-state index is 0. The summed E-state index contributed by atoms with van der Waals surface area (Å²) < 4.78 is 11.7. The van der Waals surface area contributed by atoms with Crippen LogP contribution in [0.15, 0.2) is 11.1 Å². The van der Waals surface area contributed by atoms with Crippen LogP contribution in [0.25, 0.3) is 11.2 Å². The average Bonchev–Trinajstić information content (AvgIpc) is 2.81. The average molecular weight is 330 g/mol. The van der Waals surface area contributed by atoms with Gasteiger partial charge in [0.25, 0.3) is 5.56 Å². The van der Waals surface area contributed by atoms with Crippen LogP contribution >= 0.6 is 13.5 Å². The molecule has 2 rings (SSSR count). The van der Waals surface area contributed by atoms with E-state index in [0.29, 0.717) is 5.65 Å². The number of nitrogens with zero attached hydrogens (tertiary/aromatic N) is 3. The number of nitrogens with one attached hydrogen (secondary N) is 1. The summed E-state index contributed by atoms with van der Waals surface area (Å²) in [6.45, 7) is 1.90. The summed E-state index contributed by atoms with van der Waals surface area (Å²) in [4.78, 5) is 32.9. The highest BCUT2D eigenvalue weighted by molar-refractivity contribution is 7.59. The van der Waals surface area contributed by atoms with Gasteiger partial charge in [0.1, 0.15) is 19.4 Å². The van der Waals surface area contributed by atoms with Crippen LogP contribution in [0, 0.1) is 0 Å². The van der Waals surface area contributed by atoms with Crippen molar-refractivity contribution >= 4 is 36.6 Å². The Morgan fingerprint density at radius 3 is 2.91 bits per heavy atom. The number of imidazole rings is 1. The first-order valence-corrected chi connectivity index (χ1v) is 6.19. The Morgan fingerprint density at radius 1 is 1.50 bits per heavy atom. The molecule has 1 atom stereocenters. The Hall–Kier alpha value is -2.11. The number of nitrogen functional groups attached to an aromatic ring is 1. The second kappa shape index (κ2) is 7.77. The molecule has 10 nitrogen and oxygen atoms in total. The Labute approximate surface area is 132 Å². The molecule has 0 aliphatic carbocycles. The standard InChI is InChI=1S/C11H16N6O4.H2S/c1-6(12)10(19)21-3-2-20-5-17-4-14-7-8(17)15-11(13)16-9(7)18;/h4,6H,2-3,5,12H2,1H3,(H3,13,15,16,18);1H2/t6-;/m0./s1. The maximum atomic E-state index is 11.6. The van der Waals surface area contributed by atoms with Gasteiger partial charge in [-0.2, -0.15) is 18.5 Å². The van der Waals surface area contributed by atoms with E-state index < -0.39 is 17.6 Å². The van der Waals surface area contributed by atoms with Gasteiger partial charge in [-0.05, 0) is 6.92 Å². The van der Waals surface area contributed by atoms with Crippen LogP contribution in [0.1, 0.15) is 6.92 Å². The number of esters is 1. The van der Waals surface area contributed by atoms with Crippen LogP contribution in [0.2, 0.25) is 0 Å². The first kappa shape index (κ1) is 17.9. The zero-order valence-electron chi connectivity index (χ0n) is 11.9. The third kappa shape index (κ3) is 4.19. The predicted octanol–water partition coefficient (Wildman–Crippen LogP) is -1.32. The lowest BCUT2D eigenvalue weighted by atomic mass is 10.4. The van der Waals surface area contributed by atoms with E-state index >= 15 is 0 Å². The molecule has 0 saturated heterocycles. The predicted molar refractivity (Wildman–Crippen MR) is 83.5 cm³/mol. The maximum absolute atomic E-state index is 11.6. The van der Waals surface area contributed by atoms with Gasteiger partial charge < -0.3 is 20.9 Å². The second-order valence-corrected chi connectivity index (χ2v) is 4.33. The summed E-state index contributed by atoms with van der Waals surface area (Å²) in [6.07, 6.45) is 1.42. The van der Waals surface area contributed by atoms with Crippen LogP contribution < -0.4 is 17.0 Å². The molecule has 11 heteroatoms. The number of aromatic nitrogens is 4. The number of anilines is 1. The van der Waals surface area contributed by atoms with Gasteiger partial charge in [-0.25, -0.2) is 4.98 Å². The molecule has 0 radical (unpaired) electrons. The summed E-state index contributed by atoms with van der Waals surface area (Å²) in [5, 5.41) is 0. The lowest BCUT2D eigenvalue weighted by Crippen LogP contribution is -2.29. The maximum Gasteiger partial charge on any atom is 0.322 e. The molecule has 0 fully saturated rings. The van der Waals surface area contributed by atoms with Crippen molar-refractivity contribution in [3.05, 3.63) is 16.7 Å². The SMILES string of the molecule is C[C@H](N)C(=O)OCCOCn1cnc2c(=O)[nH]c(N)nc21.S. The fraction of sp³-hybridized carbons (Fsp3) is 0.455. The summed E-state index contributed by atoms with van der Waals surface area (Å²) in [7, 11) is 0. The summed E-state index contributed by atoms with van der Waals surface area (Å²) in [6, 6.07) is -0.665. The Balaban J connectivity index is 0.00000242. The molecule has 5 N–H and O–H groups in total. The molecule has 0 amide bonds. The Bertz CT molecular complexity index is 697. The minimum Gasteiger partial charge on any atom is -0.462 e. The smallest absolute Gasteiger partial charge is 0.322 e. The van der Waals surface area contributed by atoms with Gasteiger partial charge in [0, 0.05) is 0 Å². The van der Waals surface area contributed by atoms with Gasteiger partial charge in [0.2, 0.25) is 5.95 Å². The molecule has 0 unspecified atom stereocenters. The van der Waals surface area contributed by atoms with Crippen molar-refractivity contribution in [3.63, 3.8) is 0 Å². The lowest BCUT2D eigenvalue weighted by molar-refractivity contribution is -0.146. The summed E-state index contributed by atoms with van der Waals surface area (Å²) in [5.41, 5.74) is 10.9. The van der Waals surface area contributed by atoms with Gasteiger partial charge >= 0.3 is 5.97 Å². The molecule has 0 bridgehead atoms. The van der Waals surface area contributed by atoms with Crippen LogP contribution in [0.5, 0.6) is 0 Å². The van der Waals surface area contributed by atoms with E-state index in [4.69, 9.17) is 20.9 Å². The largest absolute Gasteiger partial charge is 0.462 e. The molecule has 122 valence electrons. The van der Waals surface area contributed by atoms with E-state index in [-0.39, 0.29) is 44.9 Å². The van der Waals surface area contributed by atoms with E-state index in [9.17, 15) is 9.59 Å². The van der Waals surface area contributed by atoms with Crippen molar-refractivity contribution in [3.8, 4) is 0 Å². The van der Waals surface area contributed by atoms with E-state index in [1.54, 1.807) is 0 Å². The van der Waals surface area contributed by atoms with Gasteiger partial charge in [0.15, 0.2) is 11.2 Å². The number of H-pyrrole nitrogens is 1. The molecule has 0 aliphatic heterocycles. The zero-order valence-corrected chi connectivity index (χ0v) is 12.9. The third-order valence-corrected chi connectivity index (χ3v) is 2.57. The summed E-state index contributed by atoms with van der Waals surface area (Å²) in [5.74, 6) is -0.493. The molecule has 2 heterocycles. The highest BCUT2D eigenvalue weighted by Crippen LogP contribution is 2.06. The van der Waals surface area contributed by atoms with Crippen LogP contribution in [0.4, 0.5) is 5.95 Å². The van der Waals surface area contributed by atoms with Crippen molar-refractivity contribution in [2.75, 3.05) is 18.9 Å². The van der Waals surface area contributed by atoms with E-state index in [1.165, 1.54) is 17.8 Å². The van der Waals surface area contributed by atoms with Crippen molar-refractivity contribution in [1.82, 2.24) is 19.5 Å². The van der Waals surface area contributed by atoms with Crippen LogP contribution in [0.3, 0.4) is 0 Å². The molecular weight excluding hydrogens is 312 g/mol. The van der Waals surface area contributed by atoms with Crippen molar-refractivity contribution in [2.24, 2.45) is 5.73 Å². The third-order valence-electron chi connectivity index (χ3n) is 2.57. The Morgan fingerprint density at radius 2 is 2.23 bits per heavy atom. The number of ether oxygens (including phenoxy) is 2. The number of carbonyl (C=O) groups is 1. The van der Waals surface area contributed by atoms with Crippen molar-refractivity contribution in [2.45, 2.75) is 19.7 Å². The highest BCUT2D eigenvalue weighted by atomic mass is 32.1.